The fourth-order valence-corrected chi connectivity index (χ4v) is 10.2. The molecule has 4 saturated carbocycles. The Hall–Kier alpha value is -0.177. The molecule has 2 aromatic rings. The molecule has 0 heterocycles. The minimum atomic E-state index is -0.826. The Morgan fingerprint density at radius 2 is 0.920 bits per heavy atom. The zero-order valence-electron chi connectivity index (χ0n) is 33.5. The van der Waals surface area contributed by atoms with Crippen molar-refractivity contribution in [3.8, 4) is 0 Å². The summed E-state index contributed by atoms with van der Waals surface area (Å²) in [6.45, 7) is 23.3. The van der Waals surface area contributed by atoms with E-state index in [9.17, 15) is 0 Å². The standard InChI is InChI=1S/2C21H31O.C3H8.2ClH.Zr/c2*1-14-11-16-13-18(21(2,3)4)20(22-5)19(17(16)12-14)15-9-7-6-8-10-15;1-3-2;;;/h2*6-11,14,16-20H,12-13H2,1-5H3;3H2,1-2H3;2*1H;/q2*-1;;;;+4/p-2. The van der Waals surface area contributed by atoms with Crippen LogP contribution in [0.4, 0.5) is 0 Å². The minimum absolute atomic E-state index is 0.290. The van der Waals surface area contributed by atoms with Crippen molar-refractivity contribution in [2.24, 2.45) is 58.2 Å². The zero-order valence-corrected chi connectivity index (χ0v) is 37.4. The van der Waals surface area contributed by atoms with Crippen LogP contribution in [0.3, 0.4) is 0 Å². The molecule has 2 aromatic carbocycles. The molecule has 0 saturated heterocycles. The average molecular weight is 805 g/mol. The van der Waals surface area contributed by atoms with Crippen LogP contribution in [0.15, 0.2) is 60.7 Å². The van der Waals surface area contributed by atoms with Crippen LogP contribution in [0.2, 0.25) is 0 Å². The van der Waals surface area contributed by atoms with Crippen molar-refractivity contribution in [2.75, 3.05) is 14.2 Å². The van der Waals surface area contributed by atoms with Gasteiger partial charge in [0.25, 0.3) is 0 Å². The molecule has 0 aliphatic heterocycles. The molecule has 0 aromatic heterocycles. The van der Waals surface area contributed by atoms with Crippen molar-refractivity contribution in [2.45, 2.75) is 125 Å². The van der Waals surface area contributed by atoms with E-state index in [0.717, 1.165) is 35.5 Å². The van der Waals surface area contributed by atoms with E-state index in [-0.39, 0.29) is 0 Å². The van der Waals surface area contributed by atoms with Gasteiger partial charge in [-0.05, 0) is 33.8 Å². The first kappa shape index (κ1) is 44.2. The van der Waals surface area contributed by atoms with Crippen molar-refractivity contribution in [1.29, 1.82) is 0 Å². The zero-order chi connectivity index (χ0) is 37.2. The van der Waals surface area contributed by atoms with E-state index in [1.807, 2.05) is 14.2 Å². The molecule has 12 unspecified atom stereocenters. The maximum absolute atomic E-state index is 6.13. The van der Waals surface area contributed by atoms with Gasteiger partial charge >= 0.3 is 37.9 Å². The quantitative estimate of drug-likeness (QED) is 0.287. The van der Waals surface area contributed by atoms with E-state index in [0.29, 0.717) is 46.7 Å². The summed E-state index contributed by atoms with van der Waals surface area (Å²) in [7, 11) is 13.7. The molecule has 5 heteroatoms. The van der Waals surface area contributed by atoms with Gasteiger partial charge in [-0.2, -0.15) is 23.7 Å². The van der Waals surface area contributed by atoms with Gasteiger partial charge in [0.2, 0.25) is 0 Å². The summed E-state index contributed by atoms with van der Waals surface area (Å²) in [5.74, 6) is 6.82. The maximum atomic E-state index is 6.13. The van der Waals surface area contributed by atoms with Crippen LogP contribution in [0.25, 0.3) is 0 Å². The van der Waals surface area contributed by atoms with E-state index >= 15 is 0 Å². The number of halogens is 2. The number of ether oxygens (including phenoxy) is 2. The van der Waals surface area contributed by atoms with Crippen molar-refractivity contribution < 1.29 is 30.3 Å². The first-order valence-corrected chi connectivity index (χ1v) is 25.8. The first-order chi connectivity index (χ1) is 23.7. The fourth-order valence-electron chi connectivity index (χ4n) is 10.2. The number of hydrogen-bond acceptors (Lipinski definition) is 2. The molecule has 4 aliphatic rings. The van der Waals surface area contributed by atoms with E-state index < -0.39 is 20.8 Å². The normalized spacial score (nSPS) is 34.7. The average Bonchev–Trinajstić information content (AvgIpc) is 3.64. The van der Waals surface area contributed by atoms with Gasteiger partial charge in [0, 0.05) is 26.1 Å². The number of benzene rings is 2. The van der Waals surface area contributed by atoms with Crippen LogP contribution in [0.5, 0.6) is 0 Å². The van der Waals surface area contributed by atoms with Crippen LogP contribution < -0.4 is 0 Å². The van der Waals surface area contributed by atoms with Gasteiger partial charge in [-0.3, -0.25) is 0 Å². The Bertz CT molecular complexity index is 1120. The van der Waals surface area contributed by atoms with E-state index in [1.165, 1.54) is 43.2 Å². The number of hydrogen-bond donors (Lipinski definition) is 0. The Kier molecular flexibility index (Phi) is 18.1. The van der Waals surface area contributed by atoms with Crippen LogP contribution in [-0.2, 0) is 30.3 Å². The van der Waals surface area contributed by atoms with Gasteiger partial charge in [-0.1, -0.05) is 174 Å². The molecule has 6 rings (SSSR count). The molecular formula is C45H70Cl2O2Zr. The predicted octanol–water partition coefficient (Wildman–Crippen LogP) is 13.4. The summed E-state index contributed by atoms with van der Waals surface area (Å²) in [4.78, 5) is 0. The summed E-state index contributed by atoms with van der Waals surface area (Å²) in [5.41, 5.74) is 3.53. The Morgan fingerprint density at radius 3 is 1.18 bits per heavy atom. The predicted molar refractivity (Wildman–Crippen MR) is 213 cm³/mol. The van der Waals surface area contributed by atoms with Gasteiger partial charge < -0.3 is 22.3 Å². The second kappa shape index (κ2) is 20.5. The third-order valence-corrected chi connectivity index (χ3v) is 12.2. The molecule has 2 nitrogen and oxygen atoms in total. The molecule has 0 amide bonds. The topological polar surface area (TPSA) is 18.5 Å². The Balaban J connectivity index is 0.000000234. The Labute approximate surface area is 327 Å². The summed E-state index contributed by atoms with van der Waals surface area (Å²) < 4.78 is 12.3. The molecule has 0 bridgehead atoms. The van der Waals surface area contributed by atoms with E-state index in [1.54, 1.807) is 0 Å². The van der Waals surface area contributed by atoms with Crippen LogP contribution in [0.1, 0.15) is 124 Å². The molecule has 0 N–H and O–H groups in total. The van der Waals surface area contributed by atoms with Gasteiger partial charge in [0.15, 0.2) is 0 Å². The third kappa shape index (κ3) is 11.4. The van der Waals surface area contributed by atoms with E-state index in [4.69, 9.17) is 26.5 Å². The van der Waals surface area contributed by atoms with Crippen molar-refractivity contribution in [1.82, 2.24) is 0 Å². The van der Waals surface area contributed by atoms with Gasteiger partial charge in [-0.15, -0.1) is 0 Å². The summed E-state index contributed by atoms with van der Waals surface area (Å²) in [6.07, 6.45) is 12.4. The van der Waals surface area contributed by atoms with Gasteiger partial charge in [-0.25, -0.2) is 0 Å². The molecule has 50 heavy (non-hydrogen) atoms. The second-order valence-corrected chi connectivity index (χ2v) is 21.7. The van der Waals surface area contributed by atoms with Crippen molar-refractivity contribution in [3.63, 3.8) is 0 Å². The molecule has 0 spiro atoms. The second-order valence-electron chi connectivity index (χ2n) is 17.9. The third-order valence-electron chi connectivity index (χ3n) is 12.2. The molecule has 0 radical (unpaired) electrons. The summed E-state index contributed by atoms with van der Waals surface area (Å²) >= 11 is -0.826. The summed E-state index contributed by atoms with van der Waals surface area (Å²) in [5, 5.41) is 0. The summed E-state index contributed by atoms with van der Waals surface area (Å²) in [6, 6.07) is 22.2. The number of methoxy groups -OCH3 is 2. The number of rotatable bonds is 4. The Morgan fingerprint density at radius 1 is 0.620 bits per heavy atom. The molecule has 4 fully saturated rings. The fraction of sp³-hybridized carbons (Fsp3) is 0.689. The van der Waals surface area contributed by atoms with Crippen LogP contribution >= 0.6 is 17.0 Å². The van der Waals surface area contributed by atoms with Crippen molar-refractivity contribution >= 4 is 17.0 Å². The monoisotopic (exact) mass is 802 g/mol. The SMILES string of the molecule is CCC.COC1C(c2ccccc2)C2CC(C)[CH-]C2CC1C(C)(C)C.COC1C(c2ccccc2)C2CC(C)[CH-]C2CC1C(C)(C)C.[Cl][Zr+2][Cl]. The van der Waals surface area contributed by atoms with E-state index in [2.05, 4.69) is 143 Å². The van der Waals surface area contributed by atoms with Crippen LogP contribution in [-0.4, -0.2) is 26.4 Å². The van der Waals surface area contributed by atoms with Crippen molar-refractivity contribution in [3.05, 3.63) is 84.6 Å². The van der Waals surface area contributed by atoms with Crippen LogP contribution in [0, 0.1) is 71.0 Å². The van der Waals surface area contributed by atoms with Gasteiger partial charge in [0.05, 0.1) is 12.2 Å². The molecule has 280 valence electrons. The molecule has 4 aliphatic carbocycles. The van der Waals surface area contributed by atoms with Gasteiger partial charge in [0.1, 0.15) is 0 Å². The molecular weight excluding hydrogens is 735 g/mol. The first-order valence-electron chi connectivity index (χ1n) is 19.5. The molecule has 12 atom stereocenters. The number of fused-ring (bicyclic) bond motifs is 2.